The molecule has 1 atom stereocenters. The second kappa shape index (κ2) is 26.4. The molecule has 4 heteroatoms. The molecule has 0 aliphatic carbocycles. The lowest BCUT2D eigenvalue weighted by molar-refractivity contribution is 0.256. The predicted molar refractivity (Wildman–Crippen MR) is 168 cm³/mol. The first-order valence-corrected chi connectivity index (χ1v) is 18.4. The van der Waals surface area contributed by atoms with Crippen LogP contribution >= 0.6 is 7.60 Å². The third-order valence-electron chi connectivity index (χ3n) is 7.56. The summed E-state index contributed by atoms with van der Waals surface area (Å²) in [5.74, 6) is 0.657. The molecular formula is C34H63O3P. The van der Waals surface area contributed by atoms with Gasteiger partial charge >= 0.3 is 7.60 Å². The van der Waals surface area contributed by atoms with E-state index in [1.54, 1.807) is 0 Å². The minimum absolute atomic E-state index is 0.525. The van der Waals surface area contributed by atoms with E-state index in [0.29, 0.717) is 18.5 Å². The van der Waals surface area contributed by atoms with Crippen LogP contribution in [0.5, 0.6) is 5.75 Å². The summed E-state index contributed by atoms with van der Waals surface area (Å²) in [4.78, 5) is 0. The first kappa shape index (κ1) is 35.2. The van der Waals surface area contributed by atoms with Crippen LogP contribution in [0.2, 0.25) is 0 Å². The fourth-order valence-electron chi connectivity index (χ4n) is 5.07. The summed E-state index contributed by atoms with van der Waals surface area (Å²) in [5.41, 5.74) is 0. The monoisotopic (exact) mass is 550 g/mol. The maximum Gasteiger partial charge on any atom is 0.379 e. The third kappa shape index (κ3) is 22.1. The summed E-state index contributed by atoms with van der Waals surface area (Å²) < 4.78 is 25.4. The Morgan fingerprint density at radius 1 is 0.500 bits per heavy atom. The van der Waals surface area contributed by atoms with Gasteiger partial charge in [0.1, 0.15) is 5.75 Å². The zero-order valence-electron chi connectivity index (χ0n) is 25.4. The number of benzene rings is 1. The second-order valence-corrected chi connectivity index (χ2v) is 13.5. The summed E-state index contributed by atoms with van der Waals surface area (Å²) >= 11 is 0. The van der Waals surface area contributed by atoms with E-state index >= 15 is 0 Å². The van der Waals surface area contributed by atoms with Gasteiger partial charge in [0.05, 0.1) is 12.8 Å². The molecule has 0 aliphatic heterocycles. The van der Waals surface area contributed by atoms with Crippen molar-refractivity contribution in [3.8, 4) is 5.75 Å². The summed E-state index contributed by atoms with van der Waals surface area (Å²) in [6.45, 7) is 5.10. The first-order valence-electron chi connectivity index (χ1n) is 16.7. The van der Waals surface area contributed by atoms with E-state index in [9.17, 15) is 4.57 Å². The molecule has 0 aromatic heterocycles. The predicted octanol–water partition coefficient (Wildman–Crippen LogP) is 12.7. The molecule has 0 amide bonds. The van der Waals surface area contributed by atoms with Crippen molar-refractivity contribution in [1.29, 1.82) is 0 Å². The van der Waals surface area contributed by atoms with Gasteiger partial charge in [0.25, 0.3) is 0 Å². The smallest absolute Gasteiger partial charge is 0.379 e. The van der Waals surface area contributed by atoms with Crippen molar-refractivity contribution in [3.63, 3.8) is 0 Å². The molecule has 0 heterocycles. The normalized spacial score (nSPS) is 13.0. The number of hydrogen-bond donors (Lipinski definition) is 0. The van der Waals surface area contributed by atoms with Crippen LogP contribution in [-0.2, 0) is 9.09 Å². The highest BCUT2D eigenvalue weighted by Crippen LogP contribution is 2.49. The van der Waals surface area contributed by atoms with Crippen molar-refractivity contribution in [2.24, 2.45) is 0 Å². The van der Waals surface area contributed by atoms with Gasteiger partial charge in [-0.25, -0.2) is 4.57 Å². The fourth-order valence-corrected chi connectivity index (χ4v) is 6.81. The summed E-state index contributed by atoms with van der Waals surface area (Å²) in [6.07, 6.45) is 31.8. The Morgan fingerprint density at radius 3 is 1.29 bits per heavy atom. The number of rotatable bonds is 29. The van der Waals surface area contributed by atoms with Gasteiger partial charge in [-0.05, 0) is 25.0 Å². The van der Waals surface area contributed by atoms with Crippen molar-refractivity contribution in [3.05, 3.63) is 30.3 Å². The molecule has 0 spiro atoms. The van der Waals surface area contributed by atoms with Crippen LogP contribution in [0.15, 0.2) is 30.3 Å². The van der Waals surface area contributed by atoms with Crippen molar-refractivity contribution >= 4 is 7.60 Å². The van der Waals surface area contributed by atoms with Crippen LogP contribution in [0.25, 0.3) is 0 Å². The quantitative estimate of drug-likeness (QED) is 0.0735. The summed E-state index contributed by atoms with van der Waals surface area (Å²) in [6, 6.07) is 9.56. The number of para-hydroxylation sites is 1. The van der Waals surface area contributed by atoms with Gasteiger partial charge in [-0.3, -0.25) is 4.52 Å². The van der Waals surface area contributed by atoms with E-state index in [0.717, 1.165) is 25.7 Å². The standard InChI is InChI=1S/C34H63O3P/c1-3-5-7-9-11-13-15-17-19-21-23-28-32-36-38(35,37-34-30-26-25-27-31-34)33-29-24-22-20-18-16-14-12-10-8-6-4-2/h25-27,30-31H,3-24,28-29,32-33H2,1-2H3. The lowest BCUT2D eigenvalue weighted by Crippen LogP contribution is -2.04. The van der Waals surface area contributed by atoms with E-state index in [1.165, 1.54) is 128 Å². The van der Waals surface area contributed by atoms with E-state index in [4.69, 9.17) is 9.05 Å². The maximum absolute atomic E-state index is 13.5. The highest BCUT2D eigenvalue weighted by molar-refractivity contribution is 7.54. The average molecular weight is 551 g/mol. The van der Waals surface area contributed by atoms with Crippen LogP contribution < -0.4 is 4.52 Å². The molecular weight excluding hydrogens is 487 g/mol. The van der Waals surface area contributed by atoms with Gasteiger partial charge < -0.3 is 4.52 Å². The maximum atomic E-state index is 13.5. The van der Waals surface area contributed by atoms with Gasteiger partial charge in [0.15, 0.2) is 0 Å². The average Bonchev–Trinajstić information content (AvgIpc) is 2.92. The second-order valence-electron chi connectivity index (χ2n) is 11.4. The molecule has 1 rings (SSSR count). The SMILES string of the molecule is CCCCCCCCCCCCCCOP(=O)(CCCCCCCCCCCCCC)Oc1ccccc1. The van der Waals surface area contributed by atoms with Crippen molar-refractivity contribution < 1.29 is 13.6 Å². The van der Waals surface area contributed by atoms with Crippen molar-refractivity contribution in [2.75, 3.05) is 12.8 Å². The molecule has 0 radical (unpaired) electrons. The van der Waals surface area contributed by atoms with Crippen LogP contribution in [0.1, 0.15) is 168 Å². The third-order valence-corrected chi connectivity index (χ3v) is 9.49. The minimum Gasteiger partial charge on any atom is -0.424 e. The number of hydrogen-bond acceptors (Lipinski definition) is 3. The zero-order chi connectivity index (χ0) is 27.4. The Bertz CT molecular complexity index is 648. The van der Waals surface area contributed by atoms with Gasteiger partial charge in [-0.2, -0.15) is 0 Å². The largest absolute Gasteiger partial charge is 0.424 e. The molecule has 0 saturated heterocycles. The molecule has 1 unspecified atom stereocenters. The Kier molecular flexibility index (Phi) is 24.5. The summed E-state index contributed by atoms with van der Waals surface area (Å²) in [7, 11) is -3.10. The molecule has 3 nitrogen and oxygen atoms in total. The Morgan fingerprint density at radius 2 is 0.868 bits per heavy atom. The van der Waals surface area contributed by atoms with Gasteiger partial charge in [-0.15, -0.1) is 0 Å². The zero-order valence-corrected chi connectivity index (χ0v) is 26.3. The molecule has 222 valence electrons. The van der Waals surface area contributed by atoms with E-state index in [-0.39, 0.29) is 0 Å². The van der Waals surface area contributed by atoms with E-state index < -0.39 is 7.60 Å². The highest BCUT2D eigenvalue weighted by atomic mass is 31.2. The van der Waals surface area contributed by atoms with Gasteiger partial charge in [0.2, 0.25) is 0 Å². The molecule has 0 fully saturated rings. The van der Waals surface area contributed by atoms with Gasteiger partial charge in [-0.1, -0.05) is 173 Å². The summed E-state index contributed by atoms with van der Waals surface area (Å²) in [5, 5.41) is 0. The Balaban J connectivity index is 2.14. The minimum atomic E-state index is -3.10. The molecule has 0 bridgehead atoms. The lowest BCUT2D eigenvalue weighted by Gasteiger charge is -2.19. The van der Waals surface area contributed by atoms with Crippen molar-refractivity contribution in [1.82, 2.24) is 0 Å². The van der Waals surface area contributed by atoms with Crippen LogP contribution in [-0.4, -0.2) is 12.8 Å². The highest BCUT2D eigenvalue weighted by Gasteiger charge is 2.25. The molecule has 38 heavy (non-hydrogen) atoms. The van der Waals surface area contributed by atoms with Gasteiger partial charge in [0, 0.05) is 0 Å². The van der Waals surface area contributed by atoms with Crippen LogP contribution in [0.3, 0.4) is 0 Å². The van der Waals surface area contributed by atoms with E-state index in [1.807, 2.05) is 30.3 Å². The molecule has 0 N–H and O–H groups in total. The van der Waals surface area contributed by atoms with E-state index in [2.05, 4.69) is 13.8 Å². The molecule has 1 aromatic carbocycles. The fraction of sp³-hybridized carbons (Fsp3) is 0.824. The topological polar surface area (TPSA) is 35.5 Å². The van der Waals surface area contributed by atoms with Crippen LogP contribution in [0.4, 0.5) is 0 Å². The number of unbranched alkanes of at least 4 members (excludes halogenated alkanes) is 22. The van der Waals surface area contributed by atoms with Crippen LogP contribution in [0, 0.1) is 0 Å². The molecule has 0 saturated carbocycles. The van der Waals surface area contributed by atoms with Crippen molar-refractivity contribution in [2.45, 2.75) is 168 Å². The Labute approximate surface area is 237 Å². The molecule has 0 aliphatic rings. The Hall–Kier alpha value is -0.790. The lowest BCUT2D eigenvalue weighted by atomic mass is 10.1. The first-order chi connectivity index (χ1) is 18.7. The molecule has 1 aromatic rings.